The standard InChI is InChI=1S/C26H42N2S2Si2/c1-31(2,3)23-17-19(21-11-7-9-15-27(21)25(23)29)13-14-20-18-24(32(4,5)6)26(30)28-16-10-8-12-22(20)28/h17-19,21H,7-16H2,1-6H3. The van der Waals surface area contributed by atoms with E-state index in [1.165, 1.54) is 66.7 Å². The van der Waals surface area contributed by atoms with E-state index in [1.54, 1.807) is 11.3 Å². The molecule has 6 heteroatoms. The molecule has 0 N–H and O–H groups in total. The summed E-state index contributed by atoms with van der Waals surface area (Å²) in [6.07, 6.45) is 12.8. The zero-order chi connectivity index (χ0) is 23.3. The second kappa shape index (κ2) is 9.23. The molecule has 3 aliphatic rings. The Morgan fingerprint density at radius 2 is 1.66 bits per heavy atom. The average Bonchev–Trinajstić information content (AvgIpc) is 2.73. The highest BCUT2D eigenvalue weighted by Gasteiger charge is 2.39. The van der Waals surface area contributed by atoms with E-state index in [1.807, 2.05) is 0 Å². The maximum absolute atomic E-state index is 6.04. The van der Waals surface area contributed by atoms with E-state index in [9.17, 15) is 0 Å². The van der Waals surface area contributed by atoms with Gasteiger partial charge in [-0.25, -0.2) is 0 Å². The number of rotatable bonds is 5. The lowest BCUT2D eigenvalue weighted by Crippen LogP contribution is -2.53. The lowest BCUT2D eigenvalue weighted by Gasteiger charge is -2.47. The van der Waals surface area contributed by atoms with Crippen LogP contribution in [0.4, 0.5) is 0 Å². The van der Waals surface area contributed by atoms with Crippen LogP contribution in [0.1, 0.15) is 49.8 Å². The van der Waals surface area contributed by atoms with Crippen LogP contribution in [0, 0.1) is 10.6 Å². The fourth-order valence-corrected chi connectivity index (χ4v) is 11.3. The summed E-state index contributed by atoms with van der Waals surface area (Å²) in [6.45, 7) is 17.0. The second-order valence-electron chi connectivity index (χ2n) is 12.3. The van der Waals surface area contributed by atoms with Crippen molar-refractivity contribution in [1.82, 2.24) is 9.47 Å². The van der Waals surface area contributed by atoms with Gasteiger partial charge in [0.05, 0.1) is 16.1 Å². The van der Waals surface area contributed by atoms with E-state index < -0.39 is 16.1 Å². The number of hydrogen-bond donors (Lipinski definition) is 0. The third-order valence-corrected chi connectivity index (χ3v) is 13.1. The van der Waals surface area contributed by atoms with Gasteiger partial charge in [0.25, 0.3) is 0 Å². The van der Waals surface area contributed by atoms with Gasteiger partial charge in [-0.2, -0.15) is 0 Å². The van der Waals surface area contributed by atoms with Gasteiger partial charge in [-0.1, -0.05) is 75.9 Å². The van der Waals surface area contributed by atoms with Crippen molar-refractivity contribution in [3.63, 3.8) is 0 Å². The third kappa shape index (κ3) is 4.80. The molecule has 0 spiro atoms. The summed E-state index contributed by atoms with van der Waals surface area (Å²) in [4.78, 5) is 3.82. The Labute approximate surface area is 208 Å². The highest BCUT2D eigenvalue weighted by Crippen LogP contribution is 2.37. The van der Waals surface area contributed by atoms with Crippen LogP contribution in [0.5, 0.6) is 0 Å². The Kier molecular flexibility index (Phi) is 7.09. The molecule has 0 saturated carbocycles. The van der Waals surface area contributed by atoms with Crippen molar-refractivity contribution in [1.29, 1.82) is 0 Å². The molecule has 0 bridgehead atoms. The molecule has 0 amide bonds. The van der Waals surface area contributed by atoms with Crippen molar-refractivity contribution in [2.45, 2.75) is 103 Å². The van der Waals surface area contributed by atoms with Gasteiger partial charge >= 0.3 is 0 Å². The highest BCUT2D eigenvalue weighted by molar-refractivity contribution is 7.81. The first-order chi connectivity index (χ1) is 15.0. The Morgan fingerprint density at radius 3 is 2.34 bits per heavy atom. The van der Waals surface area contributed by atoms with Gasteiger partial charge in [0.2, 0.25) is 0 Å². The number of thiocarbonyl (C=S) groups is 1. The minimum Gasteiger partial charge on any atom is -0.359 e. The van der Waals surface area contributed by atoms with Crippen molar-refractivity contribution < 1.29 is 0 Å². The van der Waals surface area contributed by atoms with E-state index in [0.29, 0.717) is 12.0 Å². The number of piperidine rings is 1. The van der Waals surface area contributed by atoms with E-state index >= 15 is 0 Å². The molecule has 1 aromatic rings. The summed E-state index contributed by atoms with van der Waals surface area (Å²) < 4.78 is 3.67. The molecule has 1 fully saturated rings. The Balaban J connectivity index is 1.68. The molecule has 32 heavy (non-hydrogen) atoms. The quantitative estimate of drug-likeness (QED) is 0.329. The van der Waals surface area contributed by atoms with Crippen molar-refractivity contribution in [2.24, 2.45) is 5.92 Å². The summed E-state index contributed by atoms with van der Waals surface area (Å²) in [5, 5.41) is 3.03. The number of fused-ring (bicyclic) bond motifs is 2. The van der Waals surface area contributed by atoms with Crippen LogP contribution in [-0.4, -0.2) is 43.2 Å². The first-order valence-corrected chi connectivity index (χ1v) is 20.6. The monoisotopic (exact) mass is 502 g/mol. The van der Waals surface area contributed by atoms with Crippen LogP contribution in [0.15, 0.2) is 17.3 Å². The summed E-state index contributed by atoms with van der Waals surface area (Å²) in [7, 11) is -2.91. The molecule has 2 unspecified atom stereocenters. The summed E-state index contributed by atoms with van der Waals surface area (Å²) in [5.41, 5.74) is 3.14. The zero-order valence-electron chi connectivity index (χ0n) is 21.1. The van der Waals surface area contributed by atoms with Gasteiger partial charge in [0.1, 0.15) is 9.63 Å². The summed E-state index contributed by atoms with van der Waals surface area (Å²) in [6, 6.07) is 3.16. The first kappa shape index (κ1) is 24.6. The van der Waals surface area contributed by atoms with E-state index in [-0.39, 0.29) is 0 Å². The number of aryl methyl sites for hydroxylation is 1. The van der Waals surface area contributed by atoms with Crippen LogP contribution in [0.25, 0.3) is 0 Å². The number of aromatic nitrogens is 1. The van der Waals surface area contributed by atoms with E-state index in [4.69, 9.17) is 24.4 Å². The highest BCUT2D eigenvalue weighted by atomic mass is 32.1. The van der Waals surface area contributed by atoms with Crippen molar-refractivity contribution >= 4 is 50.8 Å². The van der Waals surface area contributed by atoms with Gasteiger partial charge in [-0.3, -0.25) is 0 Å². The Bertz CT molecular complexity index is 981. The molecule has 3 aliphatic heterocycles. The maximum atomic E-state index is 6.04. The van der Waals surface area contributed by atoms with Crippen LogP contribution < -0.4 is 5.19 Å². The molecule has 1 aromatic heterocycles. The second-order valence-corrected chi connectivity index (χ2v) is 23.1. The van der Waals surface area contributed by atoms with Crippen molar-refractivity contribution in [3.8, 4) is 0 Å². The largest absolute Gasteiger partial charge is 0.359 e. The van der Waals surface area contributed by atoms with Crippen molar-refractivity contribution in [2.75, 3.05) is 6.54 Å². The topological polar surface area (TPSA) is 8.17 Å². The van der Waals surface area contributed by atoms with E-state index in [0.717, 1.165) is 17.7 Å². The lowest BCUT2D eigenvalue weighted by atomic mass is 9.83. The number of hydrogen-bond acceptors (Lipinski definition) is 2. The fourth-order valence-electron chi connectivity index (χ4n) is 5.98. The minimum absolute atomic E-state index is 0.620. The molecule has 4 heterocycles. The Hall–Kier alpha value is -0.566. The normalized spacial score (nSPS) is 24.1. The lowest BCUT2D eigenvalue weighted by molar-refractivity contribution is 0.188. The molecule has 2 nitrogen and oxygen atoms in total. The van der Waals surface area contributed by atoms with Crippen LogP contribution >= 0.6 is 24.4 Å². The van der Waals surface area contributed by atoms with Gasteiger partial charge < -0.3 is 9.47 Å². The molecular weight excluding hydrogens is 461 g/mol. The van der Waals surface area contributed by atoms with E-state index in [2.05, 4.69) is 60.9 Å². The molecule has 0 aromatic carbocycles. The van der Waals surface area contributed by atoms with Gasteiger partial charge in [-0.05, 0) is 73.2 Å². The Morgan fingerprint density at radius 1 is 0.938 bits per heavy atom. The van der Waals surface area contributed by atoms with Crippen LogP contribution in [0.2, 0.25) is 39.3 Å². The number of pyridine rings is 1. The maximum Gasteiger partial charge on any atom is 0.105 e. The molecule has 176 valence electrons. The van der Waals surface area contributed by atoms with Gasteiger partial charge in [0, 0.05) is 24.8 Å². The third-order valence-electron chi connectivity index (χ3n) is 7.81. The van der Waals surface area contributed by atoms with Crippen LogP contribution in [0.3, 0.4) is 0 Å². The molecular formula is C26H42N2S2Si2. The molecule has 2 atom stereocenters. The molecule has 1 saturated heterocycles. The van der Waals surface area contributed by atoms with Gasteiger partial charge in [-0.15, -0.1) is 0 Å². The number of nitrogens with zero attached hydrogens (tertiary/aromatic N) is 2. The fraction of sp³-hybridized carbons (Fsp3) is 0.692. The first-order valence-electron chi connectivity index (χ1n) is 12.8. The molecule has 0 radical (unpaired) electrons. The average molecular weight is 503 g/mol. The minimum atomic E-state index is -1.47. The summed E-state index contributed by atoms with van der Waals surface area (Å²) in [5.74, 6) is 0.631. The smallest absolute Gasteiger partial charge is 0.105 e. The van der Waals surface area contributed by atoms with Crippen molar-refractivity contribution in [3.05, 3.63) is 33.2 Å². The van der Waals surface area contributed by atoms with Crippen LogP contribution in [-0.2, 0) is 19.4 Å². The SMILES string of the molecule is C[Si](C)(C)C1=CC(CCc2cc([Si](C)(C)C)c(=S)n3c2CCCC3)C2CCCCN2C1=S. The van der Waals surface area contributed by atoms with Gasteiger partial charge in [0.15, 0.2) is 0 Å². The molecule has 4 rings (SSSR count). The predicted octanol–water partition coefficient (Wildman–Crippen LogP) is 6.65. The predicted molar refractivity (Wildman–Crippen MR) is 151 cm³/mol. The zero-order valence-corrected chi connectivity index (χ0v) is 24.7. The molecule has 0 aliphatic carbocycles. The summed E-state index contributed by atoms with van der Waals surface area (Å²) >= 11 is 12.1.